The molecule has 1 aromatic heterocycles. The van der Waals surface area contributed by atoms with E-state index in [4.69, 9.17) is 11.6 Å². The van der Waals surface area contributed by atoms with E-state index in [0.29, 0.717) is 6.54 Å². The summed E-state index contributed by atoms with van der Waals surface area (Å²) < 4.78 is 1.70. The van der Waals surface area contributed by atoms with Crippen molar-refractivity contribution in [3.05, 3.63) is 18.0 Å². The van der Waals surface area contributed by atoms with Crippen LogP contribution in [-0.4, -0.2) is 33.5 Å². The molecule has 0 spiro atoms. The molecule has 0 aliphatic carbocycles. The minimum absolute atomic E-state index is 0.0172. The number of hydrogen-bond acceptors (Lipinski definition) is 2. The van der Waals surface area contributed by atoms with Gasteiger partial charge in [0.15, 0.2) is 0 Å². The number of halogens is 1. The minimum Gasteiger partial charge on any atom is -0.339 e. The van der Waals surface area contributed by atoms with Gasteiger partial charge in [-0.05, 0) is 6.07 Å². The van der Waals surface area contributed by atoms with Crippen molar-refractivity contribution < 1.29 is 4.79 Å². The van der Waals surface area contributed by atoms with E-state index < -0.39 is 0 Å². The summed E-state index contributed by atoms with van der Waals surface area (Å²) >= 11 is 5.40. The second-order valence-electron chi connectivity index (χ2n) is 2.86. The molecule has 0 aliphatic rings. The zero-order chi connectivity index (χ0) is 9.84. The Morgan fingerprint density at radius 3 is 2.92 bits per heavy atom. The molecule has 0 radical (unpaired) electrons. The second-order valence-corrected chi connectivity index (χ2v) is 3.13. The molecule has 0 aliphatic heterocycles. The van der Waals surface area contributed by atoms with Crippen molar-refractivity contribution in [1.29, 1.82) is 0 Å². The maximum atomic E-state index is 11.1. The van der Waals surface area contributed by atoms with E-state index in [1.54, 1.807) is 16.6 Å². The maximum Gasteiger partial charge on any atom is 0.237 e. The van der Waals surface area contributed by atoms with Crippen molar-refractivity contribution in [3.8, 4) is 0 Å². The number of aromatic nitrogens is 2. The van der Waals surface area contributed by atoms with Crippen LogP contribution in [0.2, 0.25) is 0 Å². The number of alkyl halides is 1. The zero-order valence-corrected chi connectivity index (χ0v) is 8.45. The van der Waals surface area contributed by atoms with E-state index in [1.165, 1.54) is 0 Å². The monoisotopic (exact) mass is 201 g/mol. The molecule has 1 amide bonds. The third kappa shape index (κ3) is 2.73. The second kappa shape index (κ2) is 4.28. The molecule has 0 bridgehead atoms. The summed E-state index contributed by atoms with van der Waals surface area (Å²) in [4.78, 5) is 12.6. The van der Waals surface area contributed by atoms with E-state index in [1.807, 2.05) is 19.3 Å². The van der Waals surface area contributed by atoms with Crippen LogP contribution < -0.4 is 0 Å². The van der Waals surface area contributed by atoms with Gasteiger partial charge in [0.25, 0.3) is 0 Å². The number of hydrogen-bond donors (Lipinski definition) is 0. The lowest BCUT2D eigenvalue weighted by Crippen LogP contribution is -2.27. The van der Waals surface area contributed by atoms with E-state index in [9.17, 15) is 4.79 Å². The number of rotatable bonds is 3. The Morgan fingerprint density at radius 1 is 1.77 bits per heavy atom. The van der Waals surface area contributed by atoms with E-state index in [-0.39, 0.29) is 11.8 Å². The van der Waals surface area contributed by atoms with Crippen molar-refractivity contribution in [1.82, 2.24) is 14.7 Å². The van der Waals surface area contributed by atoms with Gasteiger partial charge < -0.3 is 4.90 Å². The lowest BCUT2D eigenvalue weighted by Gasteiger charge is -2.13. The maximum absolute atomic E-state index is 11.1. The lowest BCUT2D eigenvalue weighted by molar-refractivity contribution is -0.127. The largest absolute Gasteiger partial charge is 0.339 e. The number of nitrogens with zero attached hydrogens (tertiary/aromatic N) is 3. The van der Waals surface area contributed by atoms with Crippen LogP contribution in [0, 0.1) is 0 Å². The van der Waals surface area contributed by atoms with Gasteiger partial charge in [-0.1, -0.05) is 0 Å². The van der Waals surface area contributed by atoms with E-state index in [0.717, 1.165) is 5.69 Å². The van der Waals surface area contributed by atoms with Crippen LogP contribution in [-0.2, 0) is 18.4 Å². The van der Waals surface area contributed by atoms with Crippen molar-refractivity contribution in [2.24, 2.45) is 7.05 Å². The predicted octanol–water partition coefficient (Wildman–Crippen LogP) is 0.617. The van der Waals surface area contributed by atoms with Gasteiger partial charge in [-0.25, -0.2) is 0 Å². The van der Waals surface area contributed by atoms with Crippen LogP contribution >= 0.6 is 11.6 Å². The molecule has 1 rings (SSSR count). The average Bonchev–Trinajstić information content (AvgIpc) is 2.49. The van der Waals surface area contributed by atoms with Crippen LogP contribution in [0.15, 0.2) is 12.3 Å². The summed E-state index contributed by atoms with van der Waals surface area (Å²) in [5, 5.41) is 4.15. The van der Waals surface area contributed by atoms with E-state index >= 15 is 0 Å². The summed E-state index contributed by atoms with van der Waals surface area (Å²) in [7, 11) is 3.55. The average molecular weight is 202 g/mol. The first-order valence-corrected chi connectivity index (χ1v) is 4.45. The molecule has 1 aromatic rings. The standard InChI is InChI=1S/C8H12ClN3O/c1-11(8(13)5-9)6-7-3-4-12(2)10-7/h3-4H,5-6H2,1-2H3. The molecule has 0 saturated heterocycles. The Bertz CT molecular complexity index is 297. The van der Waals surface area contributed by atoms with Gasteiger partial charge in [0.1, 0.15) is 5.88 Å². The molecule has 5 heteroatoms. The first-order valence-electron chi connectivity index (χ1n) is 3.92. The van der Waals surface area contributed by atoms with Gasteiger partial charge in [-0.3, -0.25) is 9.48 Å². The smallest absolute Gasteiger partial charge is 0.237 e. The Balaban J connectivity index is 2.54. The van der Waals surface area contributed by atoms with Crippen molar-refractivity contribution in [2.45, 2.75) is 6.54 Å². The van der Waals surface area contributed by atoms with E-state index in [2.05, 4.69) is 5.10 Å². The highest BCUT2D eigenvalue weighted by Crippen LogP contribution is 1.99. The fourth-order valence-electron chi connectivity index (χ4n) is 0.981. The Hall–Kier alpha value is -1.03. The summed E-state index contributed by atoms with van der Waals surface area (Å²) in [6.07, 6.45) is 1.84. The Morgan fingerprint density at radius 2 is 2.46 bits per heavy atom. The summed E-state index contributed by atoms with van der Waals surface area (Å²) in [6.45, 7) is 0.506. The van der Waals surface area contributed by atoms with Crippen LogP contribution in [0.3, 0.4) is 0 Å². The molecule has 0 N–H and O–H groups in total. The summed E-state index contributed by atoms with van der Waals surface area (Å²) in [5.41, 5.74) is 0.864. The van der Waals surface area contributed by atoms with Gasteiger partial charge in [-0.2, -0.15) is 5.10 Å². The summed E-state index contributed by atoms with van der Waals surface area (Å²) in [5.74, 6) is -0.0732. The molecule has 0 fully saturated rings. The van der Waals surface area contributed by atoms with Crippen molar-refractivity contribution >= 4 is 17.5 Å². The molecular formula is C8H12ClN3O. The topological polar surface area (TPSA) is 38.1 Å². The van der Waals surface area contributed by atoms with Crippen LogP contribution in [0.25, 0.3) is 0 Å². The molecule has 0 saturated carbocycles. The minimum atomic E-state index is -0.0904. The Labute approximate surface area is 82.1 Å². The molecule has 1 heterocycles. The zero-order valence-electron chi connectivity index (χ0n) is 7.70. The van der Waals surface area contributed by atoms with Gasteiger partial charge in [0.2, 0.25) is 5.91 Å². The van der Waals surface area contributed by atoms with Crippen molar-refractivity contribution in [3.63, 3.8) is 0 Å². The van der Waals surface area contributed by atoms with Gasteiger partial charge in [0.05, 0.1) is 12.2 Å². The van der Waals surface area contributed by atoms with Crippen LogP contribution in [0.4, 0.5) is 0 Å². The van der Waals surface area contributed by atoms with Gasteiger partial charge >= 0.3 is 0 Å². The third-order valence-corrected chi connectivity index (χ3v) is 1.94. The Kier molecular flexibility index (Phi) is 3.31. The molecule has 0 atom stereocenters. The van der Waals surface area contributed by atoms with Gasteiger partial charge in [-0.15, -0.1) is 11.6 Å². The highest BCUT2D eigenvalue weighted by atomic mass is 35.5. The molecule has 4 nitrogen and oxygen atoms in total. The number of aryl methyl sites for hydroxylation is 1. The van der Waals surface area contributed by atoms with Gasteiger partial charge in [0, 0.05) is 20.3 Å². The van der Waals surface area contributed by atoms with Crippen LogP contribution in [0.5, 0.6) is 0 Å². The first kappa shape index (κ1) is 10.1. The number of amides is 1. The lowest BCUT2D eigenvalue weighted by atomic mass is 10.4. The highest BCUT2D eigenvalue weighted by Gasteiger charge is 2.08. The predicted molar refractivity (Wildman–Crippen MR) is 50.4 cm³/mol. The normalized spacial score (nSPS) is 10.1. The third-order valence-electron chi connectivity index (χ3n) is 1.71. The quantitative estimate of drug-likeness (QED) is 0.673. The first-order chi connectivity index (χ1) is 6.13. The molecule has 72 valence electrons. The molecule has 0 aromatic carbocycles. The molecular weight excluding hydrogens is 190 g/mol. The number of carbonyl (C=O) groups excluding carboxylic acids is 1. The number of carbonyl (C=O) groups is 1. The van der Waals surface area contributed by atoms with Crippen LogP contribution in [0.1, 0.15) is 5.69 Å². The molecule has 0 unspecified atom stereocenters. The molecule has 13 heavy (non-hydrogen) atoms. The fraction of sp³-hybridized carbons (Fsp3) is 0.500. The summed E-state index contributed by atoms with van der Waals surface area (Å²) in [6, 6.07) is 1.87. The van der Waals surface area contributed by atoms with Crippen molar-refractivity contribution in [2.75, 3.05) is 12.9 Å². The SMILES string of the molecule is CN(Cc1ccn(C)n1)C(=O)CCl. The highest BCUT2D eigenvalue weighted by molar-refractivity contribution is 6.27. The fourth-order valence-corrected chi connectivity index (χ4v) is 1.18.